The van der Waals surface area contributed by atoms with Gasteiger partial charge in [-0.2, -0.15) is 0 Å². The molecular formula is C15H26N2. The maximum atomic E-state index is 3.81. The highest BCUT2D eigenvalue weighted by atomic mass is 15.3. The van der Waals surface area contributed by atoms with Crippen molar-refractivity contribution >= 4 is 0 Å². The van der Waals surface area contributed by atoms with Gasteiger partial charge in [0.25, 0.3) is 0 Å². The number of nitrogens with zero attached hydrogens (tertiary/aromatic N) is 2. The number of rotatable bonds is 4. The molecule has 0 aromatic carbocycles. The molecule has 2 heteroatoms. The third kappa shape index (κ3) is 2.43. The second-order valence-electron chi connectivity index (χ2n) is 6.20. The summed E-state index contributed by atoms with van der Waals surface area (Å²) in [5, 5.41) is 0. The van der Waals surface area contributed by atoms with Crippen molar-refractivity contribution in [3.8, 4) is 0 Å². The van der Waals surface area contributed by atoms with E-state index in [0.717, 1.165) is 24.3 Å². The van der Waals surface area contributed by atoms with Gasteiger partial charge in [-0.1, -0.05) is 12.5 Å². The van der Waals surface area contributed by atoms with Crippen LogP contribution in [0.3, 0.4) is 0 Å². The first-order valence-electron chi connectivity index (χ1n) is 7.44. The Labute approximate surface area is 106 Å². The Morgan fingerprint density at radius 2 is 1.88 bits per heavy atom. The maximum absolute atomic E-state index is 3.81. The summed E-state index contributed by atoms with van der Waals surface area (Å²) in [7, 11) is 0. The maximum Gasteiger partial charge on any atom is 0.0127 e. The van der Waals surface area contributed by atoms with Gasteiger partial charge in [-0.25, -0.2) is 0 Å². The fraction of sp³-hybridized carbons (Fsp3) is 0.867. The first-order valence-corrected chi connectivity index (χ1v) is 7.44. The van der Waals surface area contributed by atoms with Crippen molar-refractivity contribution < 1.29 is 0 Å². The third-order valence-corrected chi connectivity index (χ3v) is 5.23. The van der Waals surface area contributed by atoms with Gasteiger partial charge < -0.3 is 4.90 Å². The topological polar surface area (TPSA) is 6.48 Å². The van der Waals surface area contributed by atoms with E-state index < -0.39 is 0 Å². The Balaban J connectivity index is 1.47. The Kier molecular flexibility index (Phi) is 3.53. The zero-order valence-corrected chi connectivity index (χ0v) is 11.0. The molecule has 0 amide bonds. The highest BCUT2D eigenvalue weighted by molar-refractivity contribution is 4.96. The lowest BCUT2D eigenvalue weighted by Gasteiger charge is -2.41. The zero-order chi connectivity index (χ0) is 11.7. The molecule has 2 bridgehead atoms. The Morgan fingerprint density at radius 3 is 2.47 bits per heavy atom. The molecule has 3 atom stereocenters. The normalized spacial score (nSPS) is 38.7. The van der Waals surface area contributed by atoms with Crippen LogP contribution in [0, 0.1) is 11.8 Å². The minimum atomic E-state index is 0.954. The van der Waals surface area contributed by atoms with Crippen LogP contribution < -0.4 is 0 Å². The molecule has 0 N–H and O–H groups in total. The molecule has 2 saturated carbocycles. The van der Waals surface area contributed by atoms with E-state index >= 15 is 0 Å². The van der Waals surface area contributed by atoms with E-state index in [0.29, 0.717) is 0 Å². The molecule has 1 saturated heterocycles. The van der Waals surface area contributed by atoms with Gasteiger partial charge in [0.15, 0.2) is 0 Å². The Morgan fingerprint density at radius 1 is 1.06 bits per heavy atom. The molecule has 0 radical (unpaired) electrons. The van der Waals surface area contributed by atoms with Gasteiger partial charge >= 0.3 is 0 Å². The minimum Gasteiger partial charge on any atom is -0.300 e. The summed E-state index contributed by atoms with van der Waals surface area (Å²) in [5.41, 5.74) is 0. The summed E-state index contributed by atoms with van der Waals surface area (Å²) < 4.78 is 0. The monoisotopic (exact) mass is 234 g/mol. The van der Waals surface area contributed by atoms with E-state index in [1.54, 1.807) is 6.42 Å². The summed E-state index contributed by atoms with van der Waals surface area (Å²) in [6, 6.07) is 0.954. The molecule has 17 heavy (non-hydrogen) atoms. The Bertz CT molecular complexity index is 268. The number of hydrogen-bond donors (Lipinski definition) is 0. The third-order valence-electron chi connectivity index (χ3n) is 5.23. The first-order chi connectivity index (χ1) is 8.36. The lowest BCUT2D eigenvalue weighted by atomic mass is 9.93. The van der Waals surface area contributed by atoms with Crippen LogP contribution in [0.1, 0.15) is 32.1 Å². The minimum absolute atomic E-state index is 0.954. The lowest BCUT2D eigenvalue weighted by Crippen LogP contribution is -2.51. The largest absolute Gasteiger partial charge is 0.300 e. The molecule has 3 aliphatic rings. The molecule has 3 rings (SSSR count). The van der Waals surface area contributed by atoms with Gasteiger partial charge in [0.1, 0.15) is 0 Å². The number of fused-ring (bicyclic) bond motifs is 2. The van der Waals surface area contributed by atoms with Crippen LogP contribution in [0.15, 0.2) is 12.7 Å². The van der Waals surface area contributed by atoms with Gasteiger partial charge in [0, 0.05) is 38.8 Å². The van der Waals surface area contributed by atoms with Gasteiger partial charge in [-0.3, -0.25) is 4.90 Å². The molecule has 0 aromatic heterocycles. The molecule has 3 fully saturated rings. The molecule has 0 aromatic rings. The Hall–Kier alpha value is -0.340. The molecule has 0 spiro atoms. The SMILES string of the molecule is C=CCCN1CCN(C2CC3CCC2C3)CC1. The van der Waals surface area contributed by atoms with E-state index in [2.05, 4.69) is 16.4 Å². The lowest BCUT2D eigenvalue weighted by molar-refractivity contribution is 0.0721. The van der Waals surface area contributed by atoms with Gasteiger partial charge in [0.2, 0.25) is 0 Å². The smallest absolute Gasteiger partial charge is 0.0127 e. The van der Waals surface area contributed by atoms with Crippen LogP contribution in [-0.4, -0.2) is 48.6 Å². The molecule has 2 nitrogen and oxygen atoms in total. The van der Waals surface area contributed by atoms with Crippen LogP contribution >= 0.6 is 0 Å². The van der Waals surface area contributed by atoms with E-state index in [4.69, 9.17) is 0 Å². The molecule has 96 valence electrons. The second kappa shape index (κ2) is 5.11. The van der Waals surface area contributed by atoms with Gasteiger partial charge in [-0.15, -0.1) is 6.58 Å². The average molecular weight is 234 g/mol. The fourth-order valence-corrected chi connectivity index (χ4v) is 4.25. The van der Waals surface area contributed by atoms with Crippen molar-refractivity contribution in [1.29, 1.82) is 0 Å². The first kappa shape index (κ1) is 11.7. The summed E-state index contributed by atoms with van der Waals surface area (Å²) in [6.07, 6.45) is 9.29. The highest BCUT2D eigenvalue weighted by Gasteiger charge is 2.42. The molecule has 1 heterocycles. The molecular weight excluding hydrogens is 208 g/mol. The van der Waals surface area contributed by atoms with Crippen LogP contribution in [0.25, 0.3) is 0 Å². The van der Waals surface area contributed by atoms with Crippen LogP contribution in [0.4, 0.5) is 0 Å². The fourth-order valence-electron chi connectivity index (χ4n) is 4.25. The standard InChI is InChI=1S/C15H26N2/c1-2-3-6-16-7-9-17(10-8-16)15-12-13-4-5-14(15)11-13/h2,13-15H,1,3-12H2. The van der Waals surface area contributed by atoms with Crippen molar-refractivity contribution in [3.05, 3.63) is 12.7 Å². The molecule has 1 aliphatic heterocycles. The zero-order valence-electron chi connectivity index (χ0n) is 11.0. The molecule has 2 aliphatic carbocycles. The van der Waals surface area contributed by atoms with E-state index in [9.17, 15) is 0 Å². The second-order valence-corrected chi connectivity index (χ2v) is 6.20. The predicted octanol–water partition coefficient (Wildman–Crippen LogP) is 2.37. The van der Waals surface area contributed by atoms with E-state index in [-0.39, 0.29) is 0 Å². The van der Waals surface area contributed by atoms with Crippen molar-refractivity contribution in [2.45, 2.75) is 38.1 Å². The van der Waals surface area contributed by atoms with Gasteiger partial charge in [0.05, 0.1) is 0 Å². The summed E-state index contributed by atoms with van der Waals surface area (Å²) in [6.45, 7) is 10.2. The summed E-state index contributed by atoms with van der Waals surface area (Å²) in [5.74, 6) is 2.14. The quantitative estimate of drug-likeness (QED) is 0.689. The van der Waals surface area contributed by atoms with Crippen LogP contribution in [0.5, 0.6) is 0 Å². The highest BCUT2D eigenvalue weighted by Crippen LogP contribution is 2.46. The predicted molar refractivity (Wildman–Crippen MR) is 72.1 cm³/mol. The van der Waals surface area contributed by atoms with Crippen molar-refractivity contribution in [2.24, 2.45) is 11.8 Å². The van der Waals surface area contributed by atoms with Crippen molar-refractivity contribution in [2.75, 3.05) is 32.7 Å². The number of hydrogen-bond acceptors (Lipinski definition) is 2. The van der Waals surface area contributed by atoms with E-state index in [1.807, 2.05) is 6.08 Å². The average Bonchev–Trinajstić information content (AvgIpc) is 2.99. The van der Waals surface area contributed by atoms with E-state index in [1.165, 1.54) is 52.0 Å². The molecule has 3 unspecified atom stereocenters. The van der Waals surface area contributed by atoms with Crippen molar-refractivity contribution in [1.82, 2.24) is 9.80 Å². The number of piperazine rings is 1. The van der Waals surface area contributed by atoms with Gasteiger partial charge in [-0.05, 0) is 37.5 Å². The van der Waals surface area contributed by atoms with Crippen LogP contribution in [0.2, 0.25) is 0 Å². The van der Waals surface area contributed by atoms with Crippen molar-refractivity contribution in [3.63, 3.8) is 0 Å². The summed E-state index contributed by atoms with van der Waals surface area (Å²) in [4.78, 5) is 5.40. The van der Waals surface area contributed by atoms with Crippen LogP contribution in [-0.2, 0) is 0 Å². The summed E-state index contributed by atoms with van der Waals surface area (Å²) >= 11 is 0.